The van der Waals surface area contributed by atoms with Gasteiger partial charge in [0.1, 0.15) is 0 Å². The number of nitrogens with zero attached hydrogens (tertiary/aromatic N) is 3. The van der Waals surface area contributed by atoms with E-state index >= 15 is 0 Å². The second-order valence-electron chi connectivity index (χ2n) is 7.49. The zero-order valence-corrected chi connectivity index (χ0v) is 17.3. The average Bonchev–Trinajstić information content (AvgIpc) is 3.40. The lowest BCUT2D eigenvalue weighted by Crippen LogP contribution is -2.50. The monoisotopic (exact) mass is 421 g/mol. The fourth-order valence-electron chi connectivity index (χ4n) is 3.96. The Morgan fingerprint density at radius 3 is 2.77 bits per heavy atom. The molecule has 0 bridgehead atoms. The number of anilines is 1. The van der Waals surface area contributed by atoms with Crippen molar-refractivity contribution in [2.75, 3.05) is 44.6 Å². The highest BCUT2D eigenvalue weighted by Gasteiger charge is 2.21. The van der Waals surface area contributed by atoms with Crippen molar-refractivity contribution >= 4 is 44.0 Å². The molecule has 0 aliphatic carbocycles. The first kappa shape index (κ1) is 19.0. The molecule has 3 N–H and O–H groups in total. The summed E-state index contributed by atoms with van der Waals surface area (Å²) < 4.78 is 1.23. The van der Waals surface area contributed by atoms with Crippen LogP contribution in [0.4, 0.5) is 10.5 Å². The maximum absolute atomic E-state index is 12.8. The van der Waals surface area contributed by atoms with Gasteiger partial charge in [0, 0.05) is 58.9 Å². The summed E-state index contributed by atoms with van der Waals surface area (Å²) in [4.78, 5) is 18.0. The molecule has 0 atom stereocenters. The van der Waals surface area contributed by atoms with E-state index in [9.17, 15) is 4.79 Å². The van der Waals surface area contributed by atoms with E-state index in [1.54, 1.807) is 17.5 Å². The van der Waals surface area contributed by atoms with E-state index in [0.717, 1.165) is 40.1 Å². The van der Waals surface area contributed by atoms with Gasteiger partial charge in [0.05, 0.1) is 18.3 Å². The van der Waals surface area contributed by atoms with Crippen LogP contribution in [-0.2, 0) is 0 Å². The SMILES string of the molecule is O=C(Nc1cc(-c2cc3ccccc3s2)c2[nH]ncc2c1)N1CCN(CCO)CC1. The first-order chi connectivity index (χ1) is 14.7. The third kappa shape index (κ3) is 3.65. The molecule has 30 heavy (non-hydrogen) atoms. The summed E-state index contributed by atoms with van der Waals surface area (Å²) in [5, 5.41) is 21.6. The maximum atomic E-state index is 12.8. The van der Waals surface area contributed by atoms with Gasteiger partial charge in [0.25, 0.3) is 0 Å². The van der Waals surface area contributed by atoms with Crippen LogP contribution in [-0.4, -0.2) is 70.5 Å². The first-order valence-corrected chi connectivity index (χ1v) is 10.9. The van der Waals surface area contributed by atoms with Crippen LogP contribution in [0.2, 0.25) is 0 Å². The number of rotatable bonds is 4. The number of hydrogen-bond donors (Lipinski definition) is 3. The number of aromatic nitrogens is 2. The number of aromatic amines is 1. The van der Waals surface area contributed by atoms with Crippen molar-refractivity contribution in [2.24, 2.45) is 0 Å². The number of aliphatic hydroxyl groups is 1. The summed E-state index contributed by atoms with van der Waals surface area (Å²) in [6.07, 6.45) is 1.79. The Morgan fingerprint density at radius 1 is 1.13 bits per heavy atom. The smallest absolute Gasteiger partial charge is 0.321 e. The molecule has 0 spiro atoms. The minimum absolute atomic E-state index is 0.0937. The molecule has 5 rings (SSSR count). The van der Waals surface area contributed by atoms with Gasteiger partial charge >= 0.3 is 6.03 Å². The Hall–Kier alpha value is -2.94. The topological polar surface area (TPSA) is 84.5 Å². The molecule has 0 radical (unpaired) electrons. The fraction of sp³-hybridized carbons (Fsp3) is 0.273. The summed E-state index contributed by atoms with van der Waals surface area (Å²) in [6.45, 7) is 3.68. The lowest BCUT2D eigenvalue weighted by molar-refractivity contribution is 0.127. The molecule has 2 aromatic carbocycles. The summed E-state index contributed by atoms with van der Waals surface area (Å²) in [5.41, 5.74) is 2.77. The van der Waals surface area contributed by atoms with E-state index in [0.29, 0.717) is 19.6 Å². The molecule has 154 valence electrons. The van der Waals surface area contributed by atoms with Gasteiger partial charge in [0.15, 0.2) is 0 Å². The largest absolute Gasteiger partial charge is 0.395 e. The van der Waals surface area contributed by atoms with Gasteiger partial charge in [-0.1, -0.05) is 18.2 Å². The summed E-state index contributed by atoms with van der Waals surface area (Å²) in [5.74, 6) is 0. The molecule has 2 aromatic heterocycles. The second kappa shape index (κ2) is 8.06. The fourth-order valence-corrected chi connectivity index (χ4v) is 5.04. The van der Waals surface area contributed by atoms with Crippen LogP contribution in [0.3, 0.4) is 0 Å². The standard InChI is InChI=1S/C22H23N5O2S/c28-10-9-26-5-7-27(8-6-26)22(29)24-17-11-16-14-23-25-21(16)18(13-17)20-12-15-3-1-2-4-19(15)30-20/h1-4,11-14,28H,5-10H2,(H,23,25)(H,24,29). The predicted molar refractivity (Wildman–Crippen MR) is 121 cm³/mol. The number of fused-ring (bicyclic) bond motifs is 2. The third-order valence-corrected chi connectivity index (χ3v) is 6.72. The molecular formula is C22H23N5O2S. The number of hydrogen-bond acceptors (Lipinski definition) is 5. The first-order valence-electron chi connectivity index (χ1n) is 10.1. The molecular weight excluding hydrogens is 398 g/mol. The summed E-state index contributed by atoms with van der Waals surface area (Å²) in [7, 11) is 0. The van der Waals surface area contributed by atoms with Crippen LogP contribution < -0.4 is 5.32 Å². The number of nitrogens with one attached hydrogen (secondary N) is 2. The number of carbonyl (C=O) groups is 1. The number of urea groups is 1. The Kier molecular flexibility index (Phi) is 5.12. The number of piperazine rings is 1. The molecule has 1 aliphatic heterocycles. The van der Waals surface area contributed by atoms with Crippen molar-refractivity contribution in [2.45, 2.75) is 0 Å². The van der Waals surface area contributed by atoms with Gasteiger partial charge in [-0.2, -0.15) is 5.10 Å². The van der Waals surface area contributed by atoms with Crippen molar-refractivity contribution in [3.63, 3.8) is 0 Å². The second-order valence-corrected chi connectivity index (χ2v) is 8.57. The summed E-state index contributed by atoms with van der Waals surface area (Å²) in [6, 6.07) is 14.4. The molecule has 1 aliphatic rings. The molecule has 7 nitrogen and oxygen atoms in total. The van der Waals surface area contributed by atoms with E-state index in [1.165, 1.54) is 10.1 Å². The van der Waals surface area contributed by atoms with E-state index in [-0.39, 0.29) is 12.6 Å². The molecule has 4 aromatic rings. The van der Waals surface area contributed by atoms with Crippen molar-refractivity contribution in [1.29, 1.82) is 0 Å². The molecule has 1 saturated heterocycles. The molecule has 0 unspecified atom stereocenters. The number of carbonyl (C=O) groups excluding carboxylic acids is 1. The molecule has 0 saturated carbocycles. The van der Waals surface area contributed by atoms with Gasteiger partial charge in [0.2, 0.25) is 0 Å². The van der Waals surface area contributed by atoms with Crippen LogP contribution >= 0.6 is 11.3 Å². The maximum Gasteiger partial charge on any atom is 0.321 e. The minimum atomic E-state index is -0.0937. The highest BCUT2D eigenvalue weighted by atomic mass is 32.1. The van der Waals surface area contributed by atoms with Crippen molar-refractivity contribution in [1.82, 2.24) is 20.0 Å². The molecule has 3 heterocycles. The average molecular weight is 422 g/mol. The Morgan fingerprint density at radius 2 is 1.97 bits per heavy atom. The predicted octanol–water partition coefficient (Wildman–Crippen LogP) is 3.59. The van der Waals surface area contributed by atoms with Crippen LogP contribution in [0.1, 0.15) is 0 Å². The van der Waals surface area contributed by atoms with E-state index in [1.807, 2.05) is 29.2 Å². The highest BCUT2D eigenvalue weighted by Crippen LogP contribution is 2.38. The lowest BCUT2D eigenvalue weighted by Gasteiger charge is -2.34. The lowest BCUT2D eigenvalue weighted by atomic mass is 10.1. The zero-order chi connectivity index (χ0) is 20.5. The van der Waals surface area contributed by atoms with Gasteiger partial charge < -0.3 is 15.3 Å². The number of aliphatic hydroxyl groups excluding tert-OH is 1. The van der Waals surface area contributed by atoms with Crippen LogP contribution in [0.5, 0.6) is 0 Å². The van der Waals surface area contributed by atoms with Gasteiger partial charge in [-0.3, -0.25) is 10.00 Å². The molecule has 2 amide bonds. The van der Waals surface area contributed by atoms with Crippen LogP contribution in [0.25, 0.3) is 31.4 Å². The van der Waals surface area contributed by atoms with Gasteiger partial charge in [-0.25, -0.2) is 4.79 Å². The molecule has 1 fully saturated rings. The van der Waals surface area contributed by atoms with E-state index in [4.69, 9.17) is 5.11 Å². The normalized spacial score (nSPS) is 15.2. The number of β-amino-alcohol motifs (C(OH)–C–C–N with tert-alkyl or cyclic N) is 1. The van der Waals surface area contributed by atoms with Gasteiger partial charge in [-0.05, 0) is 29.7 Å². The van der Waals surface area contributed by atoms with Crippen LogP contribution in [0, 0.1) is 0 Å². The minimum Gasteiger partial charge on any atom is -0.395 e. The molecule has 8 heteroatoms. The zero-order valence-electron chi connectivity index (χ0n) is 16.5. The van der Waals surface area contributed by atoms with Crippen molar-refractivity contribution in [3.8, 4) is 10.4 Å². The number of amides is 2. The Labute approximate surface area is 177 Å². The van der Waals surface area contributed by atoms with Crippen LogP contribution in [0.15, 0.2) is 48.7 Å². The van der Waals surface area contributed by atoms with E-state index < -0.39 is 0 Å². The van der Waals surface area contributed by atoms with Crippen molar-refractivity contribution < 1.29 is 9.90 Å². The summed E-state index contributed by atoms with van der Waals surface area (Å²) >= 11 is 1.73. The quantitative estimate of drug-likeness (QED) is 0.470. The Balaban J connectivity index is 1.41. The van der Waals surface area contributed by atoms with Crippen molar-refractivity contribution in [3.05, 3.63) is 48.7 Å². The number of H-pyrrole nitrogens is 1. The number of benzene rings is 2. The number of thiophene rings is 1. The van der Waals surface area contributed by atoms with E-state index in [2.05, 4.69) is 38.6 Å². The van der Waals surface area contributed by atoms with Gasteiger partial charge in [-0.15, -0.1) is 11.3 Å². The third-order valence-electron chi connectivity index (χ3n) is 5.57. The highest BCUT2D eigenvalue weighted by molar-refractivity contribution is 7.22. The Bertz CT molecular complexity index is 1160.